The summed E-state index contributed by atoms with van der Waals surface area (Å²) in [5, 5.41) is 1.87. The van der Waals surface area contributed by atoms with Crippen LogP contribution in [0.5, 0.6) is 17.2 Å². The van der Waals surface area contributed by atoms with Gasteiger partial charge in [0.15, 0.2) is 0 Å². The number of carbonyl (C=O) groups is 2. The molecule has 0 saturated carbocycles. The third-order valence-electron chi connectivity index (χ3n) is 4.37. The van der Waals surface area contributed by atoms with E-state index in [-0.39, 0.29) is 22.7 Å². The Morgan fingerprint density at radius 2 is 1.68 bits per heavy atom. The molecule has 0 saturated heterocycles. The lowest BCUT2D eigenvalue weighted by Gasteiger charge is -2.15. The third-order valence-corrected chi connectivity index (χ3v) is 4.67. The summed E-state index contributed by atoms with van der Waals surface area (Å²) in [6.45, 7) is 1.39. The largest absolute Gasteiger partial charge is 0.573 e. The minimum atomic E-state index is -4.97. The van der Waals surface area contributed by atoms with Crippen molar-refractivity contribution in [3.05, 3.63) is 81.9 Å². The summed E-state index contributed by atoms with van der Waals surface area (Å²) in [6, 6.07) is 8.53. The molecule has 0 fully saturated rings. The molecule has 0 aliphatic rings. The second-order valence-electron chi connectivity index (χ2n) is 6.82. The average molecular weight is 501 g/mol. The zero-order valence-electron chi connectivity index (χ0n) is 17.1. The molecule has 0 radical (unpaired) electrons. The van der Waals surface area contributed by atoms with Crippen molar-refractivity contribution in [1.82, 2.24) is 0 Å². The molecule has 34 heavy (non-hydrogen) atoms. The van der Waals surface area contributed by atoms with Gasteiger partial charge in [-0.15, -0.1) is 13.2 Å². The topological polar surface area (TPSA) is 90.7 Å². The van der Waals surface area contributed by atoms with Gasteiger partial charge >= 0.3 is 6.36 Å². The van der Waals surface area contributed by atoms with Crippen molar-refractivity contribution < 1.29 is 41.0 Å². The Morgan fingerprint density at radius 1 is 1.00 bits per heavy atom. The van der Waals surface area contributed by atoms with Crippen molar-refractivity contribution in [2.24, 2.45) is 5.73 Å². The number of hydrogen-bond acceptors (Lipinski definition) is 4. The lowest BCUT2D eigenvalue weighted by atomic mass is 10.1. The van der Waals surface area contributed by atoms with E-state index in [4.69, 9.17) is 22.1 Å². The highest BCUT2D eigenvalue weighted by Gasteiger charge is 2.32. The molecule has 2 amide bonds. The first kappa shape index (κ1) is 24.8. The number of alkyl halides is 3. The number of anilines is 1. The molecule has 3 aromatic carbocycles. The number of nitrogens with two attached hydrogens (primary N) is 1. The highest BCUT2D eigenvalue weighted by Crippen LogP contribution is 2.36. The molecule has 0 unspecified atom stereocenters. The summed E-state index contributed by atoms with van der Waals surface area (Å²) in [5.74, 6) is -5.04. The van der Waals surface area contributed by atoms with Crippen LogP contribution < -0.4 is 20.5 Å². The van der Waals surface area contributed by atoms with E-state index in [0.717, 1.165) is 36.4 Å². The number of primary amides is 1. The minimum Gasteiger partial charge on any atom is -0.456 e. The molecule has 0 aliphatic carbocycles. The van der Waals surface area contributed by atoms with Crippen LogP contribution in [0, 0.1) is 18.6 Å². The monoisotopic (exact) mass is 500 g/mol. The van der Waals surface area contributed by atoms with Gasteiger partial charge in [0.05, 0.1) is 10.6 Å². The van der Waals surface area contributed by atoms with Gasteiger partial charge in [-0.2, -0.15) is 0 Å². The van der Waals surface area contributed by atoms with Crippen LogP contribution in [0.25, 0.3) is 0 Å². The molecule has 0 aliphatic heterocycles. The Bertz CT molecular complexity index is 1280. The van der Waals surface area contributed by atoms with Crippen molar-refractivity contribution in [2.75, 3.05) is 5.32 Å². The van der Waals surface area contributed by atoms with Crippen LogP contribution >= 0.6 is 11.6 Å². The van der Waals surface area contributed by atoms with Crippen LogP contribution in [0.15, 0.2) is 48.5 Å². The number of benzene rings is 3. The molecular weight excluding hydrogens is 487 g/mol. The maximum absolute atomic E-state index is 14.9. The fraction of sp³-hybridized carbons (Fsp3) is 0.0909. The normalized spacial score (nSPS) is 11.1. The first-order chi connectivity index (χ1) is 15.9. The molecule has 178 valence electrons. The van der Waals surface area contributed by atoms with E-state index < -0.39 is 51.7 Å². The smallest absolute Gasteiger partial charge is 0.456 e. The second-order valence-corrected chi connectivity index (χ2v) is 7.23. The molecule has 0 bridgehead atoms. The van der Waals surface area contributed by atoms with E-state index >= 15 is 0 Å². The Labute approximate surface area is 194 Å². The number of aryl methyl sites for hydroxylation is 1. The second kappa shape index (κ2) is 9.56. The molecule has 6 nitrogen and oxygen atoms in total. The fourth-order valence-corrected chi connectivity index (χ4v) is 3.03. The van der Waals surface area contributed by atoms with Crippen molar-refractivity contribution in [1.29, 1.82) is 0 Å². The van der Waals surface area contributed by atoms with Crippen molar-refractivity contribution in [2.45, 2.75) is 13.3 Å². The maximum atomic E-state index is 14.9. The number of carbonyl (C=O) groups excluding carboxylic acids is 2. The van der Waals surface area contributed by atoms with Crippen LogP contribution in [0.4, 0.5) is 27.6 Å². The Kier molecular flexibility index (Phi) is 6.96. The third kappa shape index (κ3) is 5.73. The number of halogens is 6. The summed E-state index contributed by atoms with van der Waals surface area (Å²) in [6.07, 6.45) is -4.97. The molecule has 0 atom stereocenters. The first-order valence-corrected chi connectivity index (χ1v) is 9.66. The minimum absolute atomic E-state index is 0.0521. The molecule has 0 aromatic heterocycles. The lowest BCUT2D eigenvalue weighted by Crippen LogP contribution is -2.18. The molecule has 3 aromatic rings. The van der Waals surface area contributed by atoms with Gasteiger partial charge in [-0.1, -0.05) is 17.7 Å². The van der Waals surface area contributed by atoms with Gasteiger partial charge in [-0.3, -0.25) is 9.59 Å². The van der Waals surface area contributed by atoms with Crippen molar-refractivity contribution in [3.8, 4) is 17.2 Å². The Morgan fingerprint density at radius 3 is 2.29 bits per heavy atom. The average Bonchev–Trinajstić information content (AvgIpc) is 2.73. The van der Waals surface area contributed by atoms with E-state index in [2.05, 4.69) is 10.1 Å². The van der Waals surface area contributed by atoms with Gasteiger partial charge < -0.3 is 20.5 Å². The predicted molar refractivity (Wildman–Crippen MR) is 112 cm³/mol. The summed E-state index contributed by atoms with van der Waals surface area (Å²) >= 11 is 5.79. The van der Waals surface area contributed by atoms with E-state index in [1.54, 1.807) is 0 Å². The fourth-order valence-electron chi connectivity index (χ4n) is 2.82. The van der Waals surface area contributed by atoms with Crippen LogP contribution in [0.1, 0.15) is 26.3 Å². The molecule has 3 rings (SSSR count). The summed E-state index contributed by atoms with van der Waals surface area (Å²) in [4.78, 5) is 24.2. The zero-order valence-corrected chi connectivity index (χ0v) is 17.9. The van der Waals surface area contributed by atoms with Gasteiger partial charge in [0.2, 0.25) is 0 Å². The first-order valence-electron chi connectivity index (χ1n) is 9.28. The molecule has 0 heterocycles. The van der Waals surface area contributed by atoms with Gasteiger partial charge in [-0.25, -0.2) is 8.78 Å². The van der Waals surface area contributed by atoms with Crippen molar-refractivity contribution in [3.63, 3.8) is 0 Å². The Balaban J connectivity index is 1.92. The predicted octanol–water partition coefficient (Wildman–Crippen LogP) is 5.97. The number of hydrogen-bond donors (Lipinski definition) is 2. The molecular formula is C22H14ClF5N2O4. The molecule has 3 N–H and O–H groups in total. The van der Waals surface area contributed by atoms with Crippen LogP contribution in [-0.2, 0) is 0 Å². The summed E-state index contributed by atoms with van der Waals surface area (Å²) < 4.78 is 75.1. The van der Waals surface area contributed by atoms with E-state index in [1.165, 1.54) is 19.1 Å². The number of rotatable bonds is 6. The van der Waals surface area contributed by atoms with E-state index in [9.17, 15) is 31.5 Å². The lowest BCUT2D eigenvalue weighted by molar-refractivity contribution is -0.274. The van der Waals surface area contributed by atoms with Gasteiger partial charge in [0.25, 0.3) is 11.8 Å². The number of nitrogens with one attached hydrogen (secondary N) is 1. The summed E-state index contributed by atoms with van der Waals surface area (Å²) in [7, 11) is 0. The van der Waals surface area contributed by atoms with Gasteiger partial charge in [-0.05, 0) is 48.9 Å². The maximum Gasteiger partial charge on any atom is 0.573 e. The molecule has 12 heteroatoms. The van der Waals surface area contributed by atoms with Crippen LogP contribution in [0.2, 0.25) is 5.02 Å². The standard InChI is InChI=1S/C22H14ClF5N2O4/c1-10-2-6-17(33-12-4-7-16(14(23)9-12)34-22(26,27)28)18(19(10)25)21(32)30-11-3-5-15(24)13(8-11)20(29)31/h2-9H,1H3,(H2,29,31)(H,30,32). The SMILES string of the molecule is Cc1ccc(Oc2ccc(OC(F)(F)F)c(Cl)c2)c(C(=O)Nc2ccc(F)c(C(N)=O)c2)c1F. The van der Waals surface area contributed by atoms with Crippen LogP contribution in [-0.4, -0.2) is 18.2 Å². The highest BCUT2D eigenvalue weighted by molar-refractivity contribution is 6.32. The number of amides is 2. The van der Waals surface area contributed by atoms with Crippen molar-refractivity contribution >= 4 is 29.1 Å². The zero-order chi connectivity index (χ0) is 25.2. The van der Waals surface area contributed by atoms with E-state index in [0.29, 0.717) is 0 Å². The highest BCUT2D eigenvalue weighted by atomic mass is 35.5. The Hall–Kier alpha value is -3.86. The van der Waals surface area contributed by atoms with Gasteiger partial charge in [0.1, 0.15) is 34.4 Å². The van der Waals surface area contributed by atoms with E-state index in [1.807, 2.05) is 0 Å². The number of ether oxygens (including phenoxy) is 2. The van der Waals surface area contributed by atoms with Gasteiger partial charge in [0, 0.05) is 11.8 Å². The quantitative estimate of drug-likeness (QED) is 0.408. The van der Waals surface area contributed by atoms with Crippen LogP contribution in [0.3, 0.4) is 0 Å². The molecule has 0 spiro atoms. The summed E-state index contributed by atoms with van der Waals surface area (Å²) in [5.41, 5.74) is 4.07.